The summed E-state index contributed by atoms with van der Waals surface area (Å²) in [5, 5.41) is 13.0. The zero-order chi connectivity index (χ0) is 22.8. The summed E-state index contributed by atoms with van der Waals surface area (Å²) in [6.45, 7) is 9.11. The van der Waals surface area contributed by atoms with E-state index in [1.54, 1.807) is 0 Å². The van der Waals surface area contributed by atoms with Crippen LogP contribution in [0.4, 0.5) is 11.1 Å². The highest BCUT2D eigenvalue weighted by atomic mass is 32.2. The Kier molecular flexibility index (Phi) is 6.56. The fraction of sp³-hybridized carbons (Fsp3) is 0.524. The maximum absolute atomic E-state index is 12.7. The van der Waals surface area contributed by atoms with E-state index in [4.69, 9.17) is 14.2 Å². The van der Waals surface area contributed by atoms with Crippen LogP contribution in [0.3, 0.4) is 0 Å². The molecule has 2 aliphatic rings. The van der Waals surface area contributed by atoms with Crippen molar-refractivity contribution in [2.45, 2.75) is 25.5 Å². The number of morpholine rings is 1. The molecule has 0 aliphatic carbocycles. The minimum Gasteiger partial charge on any atom is -0.486 e. The summed E-state index contributed by atoms with van der Waals surface area (Å²) in [4.78, 5) is 19.4. The molecule has 0 unspecified atom stereocenters. The van der Waals surface area contributed by atoms with Crippen LogP contribution in [0.5, 0.6) is 11.5 Å². The van der Waals surface area contributed by atoms with E-state index in [0.717, 1.165) is 41.0 Å². The van der Waals surface area contributed by atoms with Gasteiger partial charge >= 0.3 is 0 Å². The van der Waals surface area contributed by atoms with Gasteiger partial charge in [0, 0.05) is 31.8 Å². The standard InChI is InChI=1S/C21H26N6O4S2/c1-13(2)11-27-20(26-3-5-29-6-4-26)24-25-21(27)32-12-18(28)23-19-22-14-9-15-16(10-17(14)33-19)31-8-7-30-15/h9-10,13H,3-8,11-12H2,1-2H3,(H,22,23,28). The molecule has 2 aromatic heterocycles. The van der Waals surface area contributed by atoms with Crippen LogP contribution in [-0.4, -0.2) is 70.9 Å². The number of fused-ring (bicyclic) bond motifs is 2. The third kappa shape index (κ3) is 5.02. The van der Waals surface area contributed by atoms with Crippen LogP contribution >= 0.6 is 23.1 Å². The summed E-state index contributed by atoms with van der Waals surface area (Å²) in [6.07, 6.45) is 0. The van der Waals surface area contributed by atoms with Gasteiger partial charge in [-0.3, -0.25) is 9.36 Å². The largest absolute Gasteiger partial charge is 0.486 e. The number of benzene rings is 1. The van der Waals surface area contributed by atoms with E-state index in [1.807, 2.05) is 12.1 Å². The van der Waals surface area contributed by atoms with Crippen molar-refractivity contribution < 1.29 is 19.0 Å². The molecule has 176 valence electrons. The van der Waals surface area contributed by atoms with Crippen molar-refractivity contribution in [3.63, 3.8) is 0 Å². The van der Waals surface area contributed by atoms with E-state index in [9.17, 15) is 4.79 Å². The first-order chi connectivity index (χ1) is 16.1. The topological polar surface area (TPSA) is 104 Å². The van der Waals surface area contributed by atoms with Gasteiger partial charge in [-0.1, -0.05) is 36.9 Å². The Bertz CT molecular complexity index is 1100. The van der Waals surface area contributed by atoms with Crippen molar-refractivity contribution in [1.82, 2.24) is 19.7 Å². The highest BCUT2D eigenvalue weighted by molar-refractivity contribution is 7.99. The van der Waals surface area contributed by atoms with Crippen molar-refractivity contribution in [1.29, 1.82) is 0 Å². The number of hydrogen-bond acceptors (Lipinski definition) is 10. The molecule has 0 bridgehead atoms. The molecular weight excluding hydrogens is 464 g/mol. The Morgan fingerprint density at radius 3 is 2.67 bits per heavy atom. The molecule has 1 aromatic carbocycles. The number of rotatable bonds is 7. The summed E-state index contributed by atoms with van der Waals surface area (Å²) >= 11 is 2.80. The van der Waals surface area contributed by atoms with Crippen LogP contribution in [0, 0.1) is 5.92 Å². The highest BCUT2D eigenvalue weighted by Gasteiger charge is 2.22. The molecule has 33 heavy (non-hydrogen) atoms. The maximum atomic E-state index is 12.7. The molecule has 3 aromatic rings. The molecular formula is C21H26N6O4S2. The molecule has 4 heterocycles. The van der Waals surface area contributed by atoms with Gasteiger partial charge in [0.05, 0.1) is 29.2 Å². The normalized spacial score (nSPS) is 15.9. The van der Waals surface area contributed by atoms with E-state index in [2.05, 4.69) is 43.8 Å². The van der Waals surface area contributed by atoms with Gasteiger partial charge in [0.2, 0.25) is 11.9 Å². The van der Waals surface area contributed by atoms with Gasteiger partial charge in [-0.2, -0.15) is 0 Å². The molecule has 0 atom stereocenters. The molecule has 1 saturated heterocycles. The van der Waals surface area contributed by atoms with Gasteiger partial charge in [0.1, 0.15) is 13.2 Å². The van der Waals surface area contributed by atoms with Crippen LogP contribution in [0.2, 0.25) is 0 Å². The van der Waals surface area contributed by atoms with Crippen molar-refractivity contribution >= 4 is 50.3 Å². The van der Waals surface area contributed by atoms with E-state index in [0.29, 0.717) is 49.0 Å². The Hall–Kier alpha value is -2.57. The number of thiazole rings is 1. The van der Waals surface area contributed by atoms with Crippen molar-refractivity contribution in [2.75, 3.05) is 55.5 Å². The zero-order valence-electron chi connectivity index (χ0n) is 18.6. The fourth-order valence-electron chi connectivity index (χ4n) is 3.71. The summed E-state index contributed by atoms with van der Waals surface area (Å²) in [6, 6.07) is 3.76. The number of amides is 1. The minimum atomic E-state index is -0.136. The van der Waals surface area contributed by atoms with E-state index in [-0.39, 0.29) is 11.7 Å². The van der Waals surface area contributed by atoms with Crippen molar-refractivity contribution in [2.24, 2.45) is 5.92 Å². The van der Waals surface area contributed by atoms with E-state index >= 15 is 0 Å². The Balaban J connectivity index is 1.25. The number of thioether (sulfide) groups is 1. The quantitative estimate of drug-likeness (QED) is 0.501. The summed E-state index contributed by atoms with van der Waals surface area (Å²) in [5.74, 6) is 2.76. The lowest BCUT2D eigenvalue weighted by Gasteiger charge is -2.28. The monoisotopic (exact) mass is 490 g/mol. The average molecular weight is 491 g/mol. The van der Waals surface area contributed by atoms with Gasteiger partial charge in [0.15, 0.2) is 21.8 Å². The number of aromatic nitrogens is 4. The number of anilines is 2. The highest BCUT2D eigenvalue weighted by Crippen LogP contribution is 2.38. The predicted molar refractivity (Wildman–Crippen MR) is 128 cm³/mol. The Morgan fingerprint density at radius 2 is 1.91 bits per heavy atom. The van der Waals surface area contributed by atoms with Gasteiger partial charge in [-0.05, 0) is 5.92 Å². The lowest BCUT2D eigenvalue weighted by molar-refractivity contribution is -0.113. The van der Waals surface area contributed by atoms with Crippen LogP contribution in [0.15, 0.2) is 17.3 Å². The molecule has 0 radical (unpaired) electrons. The summed E-state index contributed by atoms with van der Waals surface area (Å²) in [7, 11) is 0. The summed E-state index contributed by atoms with van der Waals surface area (Å²) in [5.41, 5.74) is 0.777. The van der Waals surface area contributed by atoms with Crippen molar-refractivity contribution in [3.05, 3.63) is 12.1 Å². The number of carbonyl (C=O) groups excluding carboxylic acids is 1. The summed E-state index contributed by atoms with van der Waals surface area (Å²) < 4.78 is 19.8. The second-order valence-electron chi connectivity index (χ2n) is 8.21. The molecule has 1 N–H and O–H groups in total. The lowest BCUT2D eigenvalue weighted by atomic mass is 10.2. The maximum Gasteiger partial charge on any atom is 0.236 e. The number of ether oxygens (including phenoxy) is 3. The van der Waals surface area contributed by atoms with Crippen LogP contribution in [-0.2, 0) is 16.1 Å². The molecule has 0 saturated carbocycles. The second-order valence-corrected chi connectivity index (χ2v) is 10.2. The molecule has 1 amide bonds. The number of carbonyl (C=O) groups is 1. The third-order valence-electron chi connectivity index (χ3n) is 5.17. The molecule has 2 aliphatic heterocycles. The lowest BCUT2D eigenvalue weighted by Crippen LogP contribution is -2.38. The van der Waals surface area contributed by atoms with Gasteiger partial charge < -0.3 is 24.4 Å². The van der Waals surface area contributed by atoms with Crippen LogP contribution < -0.4 is 19.7 Å². The van der Waals surface area contributed by atoms with Crippen molar-refractivity contribution in [3.8, 4) is 11.5 Å². The average Bonchev–Trinajstić information content (AvgIpc) is 3.39. The molecule has 0 spiro atoms. The first-order valence-corrected chi connectivity index (χ1v) is 12.8. The molecule has 1 fully saturated rings. The first-order valence-electron chi connectivity index (χ1n) is 11.0. The SMILES string of the molecule is CC(C)Cn1c(SCC(=O)Nc2nc3cc4c(cc3s2)OCCO4)nnc1N1CCOCC1. The van der Waals surface area contributed by atoms with Gasteiger partial charge in [-0.15, -0.1) is 10.2 Å². The first kappa shape index (κ1) is 22.2. The number of nitrogens with one attached hydrogen (secondary N) is 1. The molecule has 12 heteroatoms. The fourth-order valence-corrected chi connectivity index (χ4v) is 5.35. The van der Waals surface area contributed by atoms with E-state index < -0.39 is 0 Å². The zero-order valence-corrected chi connectivity index (χ0v) is 20.2. The smallest absolute Gasteiger partial charge is 0.236 e. The van der Waals surface area contributed by atoms with Crippen LogP contribution in [0.1, 0.15) is 13.8 Å². The predicted octanol–water partition coefficient (Wildman–Crippen LogP) is 2.88. The number of hydrogen-bond donors (Lipinski definition) is 1. The second kappa shape index (κ2) is 9.74. The Morgan fingerprint density at radius 1 is 1.15 bits per heavy atom. The van der Waals surface area contributed by atoms with E-state index in [1.165, 1.54) is 23.1 Å². The number of nitrogens with zero attached hydrogens (tertiary/aromatic N) is 5. The van der Waals surface area contributed by atoms with Gasteiger partial charge in [-0.25, -0.2) is 4.98 Å². The third-order valence-corrected chi connectivity index (χ3v) is 7.07. The molecule has 5 rings (SSSR count). The Labute approximate surface area is 199 Å². The molecule has 10 nitrogen and oxygen atoms in total. The van der Waals surface area contributed by atoms with Crippen LogP contribution in [0.25, 0.3) is 10.2 Å². The van der Waals surface area contributed by atoms with Gasteiger partial charge in [0.25, 0.3) is 0 Å². The minimum absolute atomic E-state index is 0.136.